The fourth-order valence-electron chi connectivity index (χ4n) is 8.24. The number of hydrogen-bond donors (Lipinski definition) is 0. The Morgan fingerprint density at radius 1 is 0.255 bits per heavy atom. The second kappa shape index (κ2) is 12.1. The Morgan fingerprint density at radius 3 is 1.57 bits per heavy atom. The predicted molar refractivity (Wildman–Crippen MR) is 220 cm³/mol. The van der Waals surface area contributed by atoms with E-state index in [0.717, 1.165) is 6.42 Å². The average Bonchev–Trinajstić information content (AvgIpc) is 3.20. The molecule has 0 saturated heterocycles. The molecule has 51 heavy (non-hydrogen) atoms. The van der Waals surface area contributed by atoms with E-state index >= 15 is 0 Å². The van der Waals surface area contributed by atoms with E-state index in [9.17, 15) is 0 Å². The van der Waals surface area contributed by atoms with Gasteiger partial charge in [-0.2, -0.15) is 0 Å². The molecule has 0 aliphatic heterocycles. The highest BCUT2D eigenvalue weighted by Gasteiger charge is 2.18. The van der Waals surface area contributed by atoms with Crippen molar-refractivity contribution in [2.75, 3.05) is 0 Å². The van der Waals surface area contributed by atoms with Crippen LogP contribution in [0.25, 0.3) is 87.2 Å². The maximum absolute atomic E-state index is 2.44. The topological polar surface area (TPSA) is 0 Å². The van der Waals surface area contributed by atoms with Crippen molar-refractivity contribution in [3.8, 4) is 33.4 Å². The van der Waals surface area contributed by atoms with Crippen molar-refractivity contribution in [2.24, 2.45) is 0 Å². The van der Waals surface area contributed by atoms with Crippen LogP contribution < -0.4 is 0 Å². The summed E-state index contributed by atoms with van der Waals surface area (Å²) in [6, 6.07) is 71.7. The van der Waals surface area contributed by atoms with Crippen molar-refractivity contribution < 1.29 is 0 Å². The van der Waals surface area contributed by atoms with Crippen LogP contribution in [0.5, 0.6) is 0 Å². The summed E-state index contributed by atoms with van der Waals surface area (Å²) in [5.74, 6) is 0. The molecule has 0 N–H and O–H groups in total. The summed E-state index contributed by atoms with van der Waals surface area (Å²) in [7, 11) is 0. The minimum absolute atomic E-state index is 0.891. The van der Waals surface area contributed by atoms with Gasteiger partial charge in [0, 0.05) is 0 Å². The van der Waals surface area contributed by atoms with Crippen molar-refractivity contribution in [1.29, 1.82) is 0 Å². The van der Waals surface area contributed by atoms with Gasteiger partial charge < -0.3 is 0 Å². The van der Waals surface area contributed by atoms with Crippen molar-refractivity contribution in [3.63, 3.8) is 0 Å². The van der Waals surface area contributed by atoms with Crippen LogP contribution in [0.1, 0.15) is 11.1 Å². The summed E-state index contributed by atoms with van der Waals surface area (Å²) in [5, 5.41) is 12.8. The van der Waals surface area contributed by atoms with Crippen molar-refractivity contribution in [3.05, 3.63) is 205 Å². The molecule has 0 aromatic heterocycles. The highest BCUT2D eigenvalue weighted by molar-refractivity contribution is 6.22. The van der Waals surface area contributed by atoms with Gasteiger partial charge in [0.15, 0.2) is 0 Å². The lowest BCUT2D eigenvalue weighted by atomic mass is 9.84. The molecule has 0 amide bonds. The maximum atomic E-state index is 2.44. The number of hydrogen-bond acceptors (Lipinski definition) is 0. The van der Waals surface area contributed by atoms with Gasteiger partial charge in [0.2, 0.25) is 0 Å². The predicted octanol–water partition coefficient (Wildman–Crippen LogP) is 14.0. The molecule has 0 aliphatic carbocycles. The molecular formula is C51H34. The largest absolute Gasteiger partial charge is 0.0622 e. The average molecular weight is 647 g/mol. The summed E-state index contributed by atoms with van der Waals surface area (Å²) in [5.41, 5.74) is 10.2. The van der Waals surface area contributed by atoms with Crippen LogP contribution in [-0.2, 0) is 6.42 Å². The molecule has 0 bridgehead atoms. The first-order valence-corrected chi connectivity index (χ1v) is 17.8. The molecule has 0 spiro atoms. The fourth-order valence-corrected chi connectivity index (χ4v) is 8.24. The van der Waals surface area contributed by atoms with E-state index in [1.165, 1.54) is 98.4 Å². The van der Waals surface area contributed by atoms with Crippen molar-refractivity contribution in [2.45, 2.75) is 6.42 Å². The third kappa shape index (κ3) is 5.07. The first-order chi connectivity index (χ1) is 25.3. The van der Waals surface area contributed by atoms with Gasteiger partial charge in [-0.05, 0) is 117 Å². The SMILES string of the molecule is c1ccc(Cc2ccc3c(-c4ccc5ccccc5c4)c4ccccc4c(-c4ccc(-c5cc6ccccc6c6ccccc56)cc4)c3c2)cc1. The molecule has 10 aromatic carbocycles. The van der Waals surface area contributed by atoms with Gasteiger partial charge in [-0.3, -0.25) is 0 Å². The number of rotatable bonds is 5. The zero-order valence-electron chi connectivity index (χ0n) is 28.2. The smallest absolute Gasteiger partial charge is 0.00255 e. The molecule has 0 heterocycles. The summed E-state index contributed by atoms with van der Waals surface area (Å²) >= 11 is 0. The Balaban J connectivity index is 1.21. The molecule has 0 atom stereocenters. The second-order valence-electron chi connectivity index (χ2n) is 13.7. The Hall–Kier alpha value is -6.50. The van der Waals surface area contributed by atoms with E-state index in [-0.39, 0.29) is 0 Å². The van der Waals surface area contributed by atoms with Gasteiger partial charge in [-0.15, -0.1) is 0 Å². The van der Waals surface area contributed by atoms with Crippen LogP contribution in [0.2, 0.25) is 0 Å². The molecule has 238 valence electrons. The minimum atomic E-state index is 0.891. The Bertz CT molecular complexity index is 2910. The first-order valence-electron chi connectivity index (χ1n) is 17.8. The summed E-state index contributed by atoms with van der Waals surface area (Å²) in [6.45, 7) is 0. The van der Waals surface area contributed by atoms with E-state index in [1.54, 1.807) is 0 Å². The Labute approximate surface area is 297 Å². The Kier molecular flexibility index (Phi) is 6.99. The van der Waals surface area contributed by atoms with Crippen LogP contribution in [0, 0.1) is 0 Å². The zero-order valence-corrected chi connectivity index (χ0v) is 28.2. The van der Waals surface area contributed by atoms with Gasteiger partial charge >= 0.3 is 0 Å². The molecule has 10 rings (SSSR count). The lowest BCUT2D eigenvalue weighted by Crippen LogP contribution is -1.94. The van der Waals surface area contributed by atoms with Gasteiger partial charge in [0.05, 0.1) is 0 Å². The van der Waals surface area contributed by atoms with Gasteiger partial charge in [-0.1, -0.05) is 182 Å². The fraction of sp³-hybridized carbons (Fsp3) is 0.0196. The molecular weight excluding hydrogens is 613 g/mol. The lowest BCUT2D eigenvalue weighted by Gasteiger charge is -2.19. The van der Waals surface area contributed by atoms with E-state index in [1.807, 2.05) is 0 Å². The highest BCUT2D eigenvalue weighted by Crippen LogP contribution is 2.45. The summed E-state index contributed by atoms with van der Waals surface area (Å²) in [6.07, 6.45) is 0.891. The molecule has 0 unspecified atom stereocenters. The van der Waals surface area contributed by atoms with Crippen LogP contribution >= 0.6 is 0 Å². The quantitative estimate of drug-likeness (QED) is 0.129. The van der Waals surface area contributed by atoms with Crippen LogP contribution in [-0.4, -0.2) is 0 Å². The van der Waals surface area contributed by atoms with Crippen molar-refractivity contribution >= 4 is 53.9 Å². The third-order valence-electron chi connectivity index (χ3n) is 10.6. The maximum Gasteiger partial charge on any atom is -0.00255 e. The van der Waals surface area contributed by atoms with Gasteiger partial charge in [0.1, 0.15) is 0 Å². The van der Waals surface area contributed by atoms with Gasteiger partial charge in [0.25, 0.3) is 0 Å². The minimum Gasteiger partial charge on any atom is -0.0622 e. The summed E-state index contributed by atoms with van der Waals surface area (Å²) < 4.78 is 0. The van der Waals surface area contributed by atoms with Crippen molar-refractivity contribution in [1.82, 2.24) is 0 Å². The monoisotopic (exact) mass is 646 g/mol. The Morgan fingerprint density at radius 2 is 0.804 bits per heavy atom. The normalized spacial score (nSPS) is 11.6. The molecule has 0 fully saturated rings. The van der Waals surface area contributed by atoms with E-state index < -0.39 is 0 Å². The molecule has 0 heteroatoms. The standard InChI is InChI=1S/C51H34/c1-2-12-34(13-3-1)30-35-22-29-47-49(31-35)50(45-20-10-11-21-46(45)51(47)41-28-23-36-14-4-5-15-39(36)32-41)38-26-24-37(25-27-38)48-33-40-16-6-7-17-42(40)43-18-8-9-19-44(43)48/h1-29,31-33H,30H2. The highest BCUT2D eigenvalue weighted by atomic mass is 14.2. The molecule has 0 saturated carbocycles. The number of benzene rings is 10. The lowest BCUT2D eigenvalue weighted by molar-refractivity contribution is 1.20. The molecule has 0 aliphatic rings. The molecule has 0 nitrogen and oxygen atoms in total. The zero-order chi connectivity index (χ0) is 33.7. The third-order valence-corrected chi connectivity index (χ3v) is 10.6. The second-order valence-corrected chi connectivity index (χ2v) is 13.7. The van der Waals surface area contributed by atoms with E-state index in [0.29, 0.717) is 0 Å². The van der Waals surface area contributed by atoms with E-state index in [2.05, 4.69) is 194 Å². The molecule has 10 aromatic rings. The first kappa shape index (κ1) is 29.4. The summed E-state index contributed by atoms with van der Waals surface area (Å²) in [4.78, 5) is 0. The van der Waals surface area contributed by atoms with E-state index in [4.69, 9.17) is 0 Å². The van der Waals surface area contributed by atoms with Crippen LogP contribution in [0.15, 0.2) is 194 Å². The molecule has 0 radical (unpaired) electrons. The van der Waals surface area contributed by atoms with Crippen LogP contribution in [0.4, 0.5) is 0 Å². The van der Waals surface area contributed by atoms with Crippen LogP contribution in [0.3, 0.4) is 0 Å². The van der Waals surface area contributed by atoms with Gasteiger partial charge in [-0.25, -0.2) is 0 Å². The number of fused-ring (bicyclic) bond motifs is 6.